The minimum absolute atomic E-state index is 0.165. The number of nitrogens with one attached hydrogen (secondary N) is 2. The van der Waals surface area contributed by atoms with Crippen molar-refractivity contribution in [1.29, 1.82) is 0 Å². The lowest BCUT2D eigenvalue weighted by molar-refractivity contribution is -0.137. The van der Waals surface area contributed by atoms with Crippen LogP contribution in [0.25, 0.3) is 11.6 Å². The van der Waals surface area contributed by atoms with E-state index >= 15 is 0 Å². The van der Waals surface area contributed by atoms with E-state index in [0.717, 1.165) is 6.20 Å². The third kappa shape index (κ3) is 2.16. The zero-order valence-electron chi connectivity index (χ0n) is 10.6. The third-order valence-corrected chi connectivity index (χ3v) is 3.22. The normalized spacial score (nSPS) is 16.1. The number of carbonyl (C=O) groups excluding carboxylic acids is 1. The molecule has 4 N–H and O–H groups in total. The first kappa shape index (κ1) is 13.3. The van der Waals surface area contributed by atoms with Gasteiger partial charge in [0.15, 0.2) is 0 Å². The average molecular weight is 293 g/mol. The fraction of sp³-hybridized carbons (Fsp3) is 0.0714. The quantitative estimate of drug-likeness (QED) is 0.707. The first-order valence-corrected chi connectivity index (χ1v) is 6.04. The highest BCUT2D eigenvalue weighted by Gasteiger charge is 2.37. The van der Waals surface area contributed by atoms with Gasteiger partial charge < -0.3 is 16.0 Å². The minimum Gasteiger partial charge on any atom is -0.397 e. The van der Waals surface area contributed by atoms with E-state index in [1.165, 1.54) is 6.08 Å². The monoisotopic (exact) mass is 293 g/mol. The smallest absolute Gasteiger partial charge is 0.397 e. The number of aromatic amines is 1. The van der Waals surface area contributed by atoms with Crippen molar-refractivity contribution >= 4 is 28.9 Å². The van der Waals surface area contributed by atoms with Gasteiger partial charge in [0.25, 0.3) is 5.91 Å². The summed E-state index contributed by atoms with van der Waals surface area (Å²) in [7, 11) is 0. The molecule has 1 aromatic carbocycles. The van der Waals surface area contributed by atoms with Gasteiger partial charge in [0.05, 0.1) is 17.0 Å². The Bertz CT molecular complexity index is 759. The zero-order valence-corrected chi connectivity index (χ0v) is 10.6. The number of para-hydroxylation sites is 1. The molecule has 0 bridgehead atoms. The summed E-state index contributed by atoms with van der Waals surface area (Å²) >= 11 is 0. The van der Waals surface area contributed by atoms with Gasteiger partial charge in [0.2, 0.25) is 0 Å². The van der Waals surface area contributed by atoms with Crippen molar-refractivity contribution in [3.63, 3.8) is 0 Å². The molecule has 0 atom stereocenters. The summed E-state index contributed by atoms with van der Waals surface area (Å²) in [5.74, 6) is -0.447. The number of halogens is 3. The van der Waals surface area contributed by atoms with Crippen molar-refractivity contribution in [3.05, 3.63) is 47.3 Å². The molecular formula is C14H10F3N3O. The van der Waals surface area contributed by atoms with E-state index in [1.807, 2.05) is 0 Å². The second-order valence-corrected chi connectivity index (χ2v) is 4.59. The number of benzene rings is 1. The molecule has 3 rings (SSSR count). The van der Waals surface area contributed by atoms with E-state index in [1.54, 1.807) is 24.3 Å². The Hall–Kier alpha value is -2.70. The molecule has 0 saturated heterocycles. The van der Waals surface area contributed by atoms with Crippen LogP contribution in [0, 0.1) is 0 Å². The predicted octanol–water partition coefficient (Wildman–Crippen LogP) is 3.11. The standard InChI is InChI=1S/C14H10F3N3O/c15-14(16,17)12-9(18)6-19-11(12)5-8-7-3-1-2-4-10(7)20-13(8)21/h1-6,19H,18H2,(H,20,21). The van der Waals surface area contributed by atoms with Crippen LogP contribution >= 0.6 is 0 Å². The molecular weight excluding hydrogens is 283 g/mol. The third-order valence-electron chi connectivity index (χ3n) is 3.22. The molecule has 0 aliphatic carbocycles. The van der Waals surface area contributed by atoms with Crippen LogP contribution < -0.4 is 11.1 Å². The van der Waals surface area contributed by atoms with Crippen LogP contribution in [0.15, 0.2) is 30.5 Å². The Morgan fingerprint density at radius 2 is 1.90 bits per heavy atom. The molecule has 21 heavy (non-hydrogen) atoms. The van der Waals surface area contributed by atoms with Crippen LogP contribution in [0.1, 0.15) is 16.8 Å². The second kappa shape index (κ2) is 4.41. The maximum absolute atomic E-state index is 13.0. The average Bonchev–Trinajstić information content (AvgIpc) is 2.91. The Kier molecular flexibility index (Phi) is 2.79. The molecule has 108 valence electrons. The lowest BCUT2D eigenvalue weighted by Gasteiger charge is -2.07. The molecule has 1 amide bonds. The van der Waals surface area contributed by atoms with Crippen LogP contribution in [-0.2, 0) is 11.0 Å². The number of amides is 1. The molecule has 0 unspecified atom stereocenters. The van der Waals surface area contributed by atoms with Crippen molar-refractivity contribution < 1.29 is 18.0 Å². The molecule has 7 heteroatoms. The molecule has 0 saturated carbocycles. The molecule has 1 aliphatic rings. The fourth-order valence-corrected chi connectivity index (χ4v) is 2.31. The number of nitrogens with two attached hydrogens (primary N) is 1. The van der Waals surface area contributed by atoms with Gasteiger partial charge >= 0.3 is 6.18 Å². The molecule has 0 fully saturated rings. The van der Waals surface area contributed by atoms with Crippen molar-refractivity contribution in [3.8, 4) is 0 Å². The van der Waals surface area contributed by atoms with Crippen molar-refractivity contribution in [1.82, 2.24) is 4.98 Å². The van der Waals surface area contributed by atoms with E-state index in [4.69, 9.17) is 5.73 Å². The number of rotatable bonds is 1. The van der Waals surface area contributed by atoms with Crippen LogP contribution in [0.2, 0.25) is 0 Å². The maximum atomic E-state index is 13.0. The number of fused-ring (bicyclic) bond motifs is 1. The van der Waals surface area contributed by atoms with Crippen molar-refractivity contribution in [2.45, 2.75) is 6.18 Å². The Morgan fingerprint density at radius 1 is 1.19 bits per heavy atom. The summed E-state index contributed by atoms with van der Waals surface area (Å²) in [4.78, 5) is 14.4. The Labute approximate surface area is 117 Å². The van der Waals surface area contributed by atoms with Crippen molar-refractivity contribution in [2.24, 2.45) is 0 Å². The summed E-state index contributed by atoms with van der Waals surface area (Å²) in [6, 6.07) is 6.79. The highest BCUT2D eigenvalue weighted by atomic mass is 19.4. The predicted molar refractivity (Wildman–Crippen MR) is 73.1 cm³/mol. The van der Waals surface area contributed by atoms with Gasteiger partial charge in [-0.05, 0) is 12.1 Å². The lowest BCUT2D eigenvalue weighted by Crippen LogP contribution is -2.09. The SMILES string of the molecule is Nc1c[nH]c(C=C2C(=O)Nc3ccccc32)c1C(F)(F)F. The van der Waals surface area contributed by atoms with Crippen LogP contribution in [0.3, 0.4) is 0 Å². The summed E-state index contributed by atoms with van der Waals surface area (Å²) < 4.78 is 38.9. The first-order valence-electron chi connectivity index (χ1n) is 6.04. The number of nitrogen functional groups attached to an aromatic ring is 1. The summed E-state index contributed by atoms with van der Waals surface area (Å²) in [6.45, 7) is 0. The number of aromatic nitrogens is 1. The molecule has 1 aromatic heterocycles. The lowest BCUT2D eigenvalue weighted by atomic mass is 10.0. The number of anilines is 2. The van der Waals surface area contributed by atoms with E-state index in [9.17, 15) is 18.0 Å². The van der Waals surface area contributed by atoms with Crippen molar-refractivity contribution in [2.75, 3.05) is 11.1 Å². The van der Waals surface area contributed by atoms with E-state index in [-0.39, 0.29) is 11.3 Å². The highest BCUT2D eigenvalue weighted by Crippen LogP contribution is 2.39. The van der Waals surface area contributed by atoms with Gasteiger partial charge in [0, 0.05) is 17.4 Å². The molecule has 0 spiro atoms. The van der Waals surface area contributed by atoms with E-state index in [2.05, 4.69) is 10.3 Å². The van der Waals surface area contributed by atoms with Gasteiger partial charge in [-0.3, -0.25) is 4.79 Å². The van der Waals surface area contributed by atoms with E-state index in [0.29, 0.717) is 11.3 Å². The zero-order chi connectivity index (χ0) is 15.2. The Morgan fingerprint density at radius 3 is 2.62 bits per heavy atom. The van der Waals surface area contributed by atoms with Gasteiger partial charge in [-0.2, -0.15) is 13.2 Å². The molecule has 1 aliphatic heterocycles. The summed E-state index contributed by atoms with van der Waals surface area (Å²) in [5.41, 5.74) is 5.04. The largest absolute Gasteiger partial charge is 0.420 e. The van der Waals surface area contributed by atoms with Crippen LogP contribution in [-0.4, -0.2) is 10.9 Å². The number of H-pyrrole nitrogens is 1. The second-order valence-electron chi connectivity index (χ2n) is 4.59. The van der Waals surface area contributed by atoms with Gasteiger partial charge in [-0.15, -0.1) is 0 Å². The number of alkyl halides is 3. The highest BCUT2D eigenvalue weighted by molar-refractivity contribution is 6.34. The molecule has 2 heterocycles. The number of hydrogen-bond donors (Lipinski definition) is 3. The van der Waals surface area contributed by atoms with Crippen LogP contribution in [0.5, 0.6) is 0 Å². The molecule has 0 radical (unpaired) electrons. The number of carbonyl (C=O) groups is 1. The van der Waals surface area contributed by atoms with Crippen LogP contribution in [0.4, 0.5) is 24.5 Å². The molecule has 4 nitrogen and oxygen atoms in total. The minimum atomic E-state index is -4.59. The fourth-order valence-electron chi connectivity index (χ4n) is 2.31. The van der Waals surface area contributed by atoms with E-state index < -0.39 is 23.3 Å². The first-order chi connectivity index (χ1) is 9.88. The topological polar surface area (TPSA) is 70.9 Å². The van der Waals surface area contributed by atoms with Gasteiger partial charge in [-0.25, -0.2) is 0 Å². The van der Waals surface area contributed by atoms with Gasteiger partial charge in [0.1, 0.15) is 5.56 Å². The Balaban J connectivity index is 2.14. The summed E-state index contributed by atoms with van der Waals surface area (Å²) in [6.07, 6.45) is -2.36. The van der Waals surface area contributed by atoms with Gasteiger partial charge in [-0.1, -0.05) is 18.2 Å². The number of hydrogen-bond acceptors (Lipinski definition) is 2. The summed E-state index contributed by atoms with van der Waals surface area (Å²) in [5, 5.41) is 2.60. The maximum Gasteiger partial charge on any atom is 0.420 e. The molecule has 2 aromatic rings.